The third-order valence-corrected chi connectivity index (χ3v) is 3.70. The van der Waals surface area contributed by atoms with Crippen molar-refractivity contribution in [3.63, 3.8) is 0 Å². The minimum absolute atomic E-state index is 0.00922. The van der Waals surface area contributed by atoms with Crippen LogP contribution in [0.3, 0.4) is 0 Å². The monoisotopic (exact) mass is 279 g/mol. The standard InChI is InChI=1S/C13H13NO4S/c1-9(15)10-4-5-13(12(7-10)14(16)17)19-8-11-3-2-6-18-11/h2-7,9,15H,8H2,1H3/t9-/m1/s1. The summed E-state index contributed by atoms with van der Waals surface area (Å²) in [5.41, 5.74) is 0.545. The Labute approximate surface area is 114 Å². The summed E-state index contributed by atoms with van der Waals surface area (Å²) in [7, 11) is 0. The van der Waals surface area contributed by atoms with E-state index in [1.54, 1.807) is 31.4 Å². The number of hydrogen-bond donors (Lipinski definition) is 1. The summed E-state index contributed by atoms with van der Waals surface area (Å²) in [6.07, 6.45) is 0.851. The molecule has 5 nitrogen and oxygen atoms in total. The summed E-state index contributed by atoms with van der Waals surface area (Å²) in [5, 5.41) is 20.5. The quantitative estimate of drug-likeness (QED) is 0.514. The van der Waals surface area contributed by atoms with Gasteiger partial charge in [0.2, 0.25) is 0 Å². The van der Waals surface area contributed by atoms with Crippen molar-refractivity contribution in [2.24, 2.45) is 0 Å². The number of nitro groups is 1. The predicted octanol–water partition coefficient (Wildman–Crippen LogP) is 3.53. The summed E-state index contributed by atoms with van der Waals surface area (Å²) in [5.74, 6) is 1.29. The highest BCUT2D eigenvalue weighted by Gasteiger charge is 2.17. The lowest BCUT2D eigenvalue weighted by Gasteiger charge is -2.07. The van der Waals surface area contributed by atoms with Crippen LogP contribution in [0.2, 0.25) is 0 Å². The van der Waals surface area contributed by atoms with Crippen molar-refractivity contribution in [3.8, 4) is 0 Å². The Hall–Kier alpha value is -1.79. The van der Waals surface area contributed by atoms with E-state index in [1.807, 2.05) is 6.07 Å². The lowest BCUT2D eigenvalue weighted by atomic mass is 10.1. The summed E-state index contributed by atoms with van der Waals surface area (Å²) < 4.78 is 5.19. The zero-order chi connectivity index (χ0) is 13.8. The van der Waals surface area contributed by atoms with E-state index in [1.165, 1.54) is 17.8 Å². The highest BCUT2D eigenvalue weighted by molar-refractivity contribution is 7.98. The maximum atomic E-state index is 11.0. The molecule has 0 amide bonds. The molecule has 0 saturated heterocycles. The van der Waals surface area contributed by atoms with Gasteiger partial charge in [0.15, 0.2) is 0 Å². The van der Waals surface area contributed by atoms with E-state index < -0.39 is 11.0 Å². The van der Waals surface area contributed by atoms with Crippen LogP contribution in [-0.4, -0.2) is 10.0 Å². The lowest BCUT2D eigenvalue weighted by molar-refractivity contribution is -0.387. The van der Waals surface area contributed by atoms with Gasteiger partial charge in [0.25, 0.3) is 5.69 Å². The first kappa shape index (κ1) is 13.6. The number of furan rings is 1. The van der Waals surface area contributed by atoms with Crippen molar-refractivity contribution in [1.29, 1.82) is 0 Å². The number of hydrogen-bond acceptors (Lipinski definition) is 5. The van der Waals surface area contributed by atoms with Gasteiger partial charge in [-0.25, -0.2) is 0 Å². The number of nitrogens with zero attached hydrogens (tertiary/aromatic N) is 1. The average Bonchev–Trinajstić information content (AvgIpc) is 2.89. The molecule has 1 N–H and O–H groups in total. The molecule has 0 spiro atoms. The molecule has 100 valence electrons. The Morgan fingerprint density at radius 1 is 1.47 bits per heavy atom. The molecule has 0 unspecified atom stereocenters. The van der Waals surface area contributed by atoms with Crippen molar-refractivity contribution in [1.82, 2.24) is 0 Å². The Balaban J connectivity index is 2.21. The van der Waals surface area contributed by atoms with Gasteiger partial charge in [0.1, 0.15) is 5.76 Å². The zero-order valence-corrected chi connectivity index (χ0v) is 11.1. The topological polar surface area (TPSA) is 76.5 Å². The Bertz CT molecular complexity index is 566. The van der Waals surface area contributed by atoms with Crippen LogP contribution in [0, 0.1) is 10.1 Å². The van der Waals surface area contributed by atoms with Gasteiger partial charge in [0.05, 0.1) is 27.9 Å². The van der Waals surface area contributed by atoms with Gasteiger partial charge >= 0.3 is 0 Å². The third kappa shape index (κ3) is 3.36. The SMILES string of the molecule is C[C@@H](O)c1ccc(SCc2ccco2)c([N+](=O)[O-])c1. The van der Waals surface area contributed by atoms with Crippen molar-refractivity contribution in [2.45, 2.75) is 23.7 Å². The Morgan fingerprint density at radius 3 is 2.84 bits per heavy atom. The van der Waals surface area contributed by atoms with Gasteiger partial charge in [-0.15, -0.1) is 11.8 Å². The fourth-order valence-corrected chi connectivity index (χ4v) is 2.51. The number of benzene rings is 1. The highest BCUT2D eigenvalue weighted by atomic mass is 32.2. The van der Waals surface area contributed by atoms with Gasteiger partial charge in [-0.1, -0.05) is 6.07 Å². The minimum atomic E-state index is -0.720. The maximum absolute atomic E-state index is 11.0. The molecule has 0 saturated carbocycles. The van der Waals surface area contributed by atoms with Crippen LogP contribution in [0.15, 0.2) is 45.9 Å². The second-order valence-electron chi connectivity index (χ2n) is 4.03. The molecule has 19 heavy (non-hydrogen) atoms. The molecule has 1 heterocycles. The molecule has 6 heteroatoms. The van der Waals surface area contributed by atoms with Crippen LogP contribution in [0.4, 0.5) is 5.69 Å². The van der Waals surface area contributed by atoms with E-state index in [-0.39, 0.29) is 5.69 Å². The van der Waals surface area contributed by atoms with Gasteiger partial charge in [-0.2, -0.15) is 0 Å². The normalized spacial score (nSPS) is 12.3. The maximum Gasteiger partial charge on any atom is 0.283 e. The molecule has 1 aromatic carbocycles. The van der Waals surface area contributed by atoms with Crippen LogP contribution < -0.4 is 0 Å². The Morgan fingerprint density at radius 2 is 2.26 bits per heavy atom. The minimum Gasteiger partial charge on any atom is -0.468 e. The largest absolute Gasteiger partial charge is 0.468 e. The van der Waals surface area contributed by atoms with Crippen molar-refractivity contribution in [2.75, 3.05) is 0 Å². The molecule has 2 rings (SSSR count). The van der Waals surface area contributed by atoms with Gasteiger partial charge in [-0.3, -0.25) is 10.1 Å². The molecular weight excluding hydrogens is 266 g/mol. The summed E-state index contributed by atoms with van der Waals surface area (Å²) in [6.45, 7) is 1.58. The molecule has 0 fully saturated rings. The molecule has 0 bridgehead atoms. The third-order valence-electron chi connectivity index (χ3n) is 2.61. The van der Waals surface area contributed by atoms with Gasteiger partial charge < -0.3 is 9.52 Å². The number of nitro benzene ring substituents is 1. The molecule has 0 radical (unpaired) electrons. The van der Waals surface area contributed by atoms with Crippen molar-refractivity contribution in [3.05, 3.63) is 58.0 Å². The van der Waals surface area contributed by atoms with E-state index in [2.05, 4.69) is 0 Å². The molecule has 0 aliphatic heterocycles. The molecular formula is C13H13NO4S. The number of aliphatic hydroxyl groups is 1. The number of aliphatic hydroxyl groups excluding tert-OH is 1. The summed E-state index contributed by atoms with van der Waals surface area (Å²) >= 11 is 1.34. The first-order chi connectivity index (χ1) is 9.08. The molecule has 2 aromatic rings. The summed E-state index contributed by atoms with van der Waals surface area (Å²) in [4.78, 5) is 11.2. The van der Waals surface area contributed by atoms with Crippen LogP contribution in [0.5, 0.6) is 0 Å². The predicted molar refractivity (Wildman–Crippen MR) is 72.0 cm³/mol. The molecule has 0 aliphatic carbocycles. The second-order valence-corrected chi connectivity index (χ2v) is 5.05. The Kier molecular flexibility index (Phi) is 4.24. The van der Waals surface area contributed by atoms with Crippen LogP contribution >= 0.6 is 11.8 Å². The fourth-order valence-electron chi connectivity index (χ4n) is 1.60. The van der Waals surface area contributed by atoms with E-state index in [9.17, 15) is 15.2 Å². The van der Waals surface area contributed by atoms with Crippen LogP contribution in [-0.2, 0) is 5.75 Å². The number of thioether (sulfide) groups is 1. The summed E-state index contributed by atoms with van der Waals surface area (Å²) in [6, 6.07) is 8.37. The van der Waals surface area contributed by atoms with Crippen LogP contribution in [0.1, 0.15) is 24.4 Å². The van der Waals surface area contributed by atoms with Crippen molar-refractivity contribution >= 4 is 17.4 Å². The van der Waals surface area contributed by atoms with E-state index in [4.69, 9.17) is 4.42 Å². The first-order valence-corrected chi connectivity index (χ1v) is 6.68. The van der Waals surface area contributed by atoms with Gasteiger partial charge in [-0.05, 0) is 30.7 Å². The van der Waals surface area contributed by atoms with Crippen LogP contribution in [0.25, 0.3) is 0 Å². The zero-order valence-electron chi connectivity index (χ0n) is 10.3. The highest BCUT2D eigenvalue weighted by Crippen LogP contribution is 2.33. The lowest BCUT2D eigenvalue weighted by Crippen LogP contribution is -1.96. The second kappa shape index (κ2) is 5.90. The molecule has 0 aliphatic rings. The van der Waals surface area contributed by atoms with E-state index in [0.29, 0.717) is 16.2 Å². The molecule has 1 aromatic heterocycles. The van der Waals surface area contributed by atoms with Gasteiger partial charge in [0, 0.05) is 6.07 Å². The van der Waals surface area contributed by atoms with E-state index in [0.717, 1.165) is 5.76 Å². The average molecular weight is 279 g/mol. The smallest absolute Gasteiger partial charge is 0.283 e. The number of rotatable bonds is 5. The fraction of sp³-hybridized carbons (Fsp3) is 0.231. The van der Waals surface area contributed by atoms with Crippen molar-refractivity contribution < 1.29 is 14.4 Å². The van der Waals surface area contributed by atoms with E-state index >= 15 is 0 Å². The first-order valence-electron chi connectivity index (χ1n) is 5.69. The molecule has 1 atom stereocenters.